The summed E-state index contributed by atoms with van der Waals surface area (Å²) >= 11 is 1.04. The maximum Gasteiger partial charge on any atom is 0.335 e. The number of pyridine rings is 1. The summed E-state index contributed by atoms with van der Waals surface area (Å²) in [6.45, 7) is 0.254. The van der Waals surface area contributed by atoms with E-state index >= 15 is 8.78 Å². The molecule has 1 fully saturated rings. The van der Waals surface area contributed by atoms with Crippen molar-refractivity contribution in [1.29, 1.82) is 0 Å². The molecule has 5 aromatic rings. The van der Waals surface area contributed by atoms with Gasteiger partial charge < -0.3 is 23.9 Å². The Morgan fingerprint density at radius 2 is 1.95 bits per heavy atom. The van der Waals surface area contributed by atoms with Crippen LogP contribution in [0.4, 0.5) is 17.6 Å². The summed E-state index contributed by atoms with van der Waals surface area (Å²) in [6.07, 6.45) is -0.585. The predicted molar refractivity (Wildman–Crippen MR) is 151 cm³/mol. The third-order valence-corrected chi connectivity index (χ3v) is 7.85. The van der Waals surface area contributed by atoms with E-state index in [0.717, 1.165) is 29.9 Å². The van der Waals surface area contributed by atoms with E-state index in [1.54, 1.807) is 22.8 Å². The fourth-order valence-electron chi connectivity index (χ4n) is 4.72. The molecule has 0 amide bonds. The standard InChI is InChI=1S/C30H24F4N4O5S/c31-20-11-19(22-2-1-3-27(37-22)42-15-28-35-12-29(44-28)43-14-25(33)34)21(32)8-17(20)10-26-36-23-5-4-16(30(39)40)9-24(23)38(26)13-18-6-7-41-18/h1-5,8-9,11-12,18,25H,6-7,10,13-15H2,(H,39,40)/t18-/m0/s1. The van der Waals surface area contributed by atoms with Crippen molar-refractivity contribution in [3.8, 4) is 22.2 Å². The minimum absolute atomic E-state index is 0.0319. The third-order valence-electron chi connectivity index (χ3n) is 6.97. The molecule has 0 unspecified atom stereocenters. The molecule has 6 rings (SSSR count). The molecule has 3 aromatic heterocycles. The average Bonchev–Trinajstić information content (AvgIpc) is 3.58. The zero-order chi connectivity index (χ0) is 30.8. The lowest BCUT2D eigenvalue weighted by Gasteiger charge is -2.27. The first-order valence-electron chi connectivity index (χ1n) is 13.5. The zero-order valence-corrected chi connectivity index (χ0v) is 23.7. The van der Waals surface area contributed by atoms with Gasteiger partial charge in [-0.1, -0.05) is 17.4 Å². The van der Waals surface area contributed by atoms with Crippen molar-refractivity contribution in [3.05, 3.63) is 88.3 Å². The molecule has 1 saturated heterocycles. The first kappa shape index (κ1) is 29.5. The topological polar surface area (TPSA) is 109 Å². The third kappa shape index (κ3) is 6.50. The number of halogens is 4. The number of ether oxygens (including phenoxy) is 3. The molecule has 0 saturated carbocycles. The van der Waals surface area contributed by atoms with Crippen LogP contribution in [-0.2, 0) is 24.3 Å². The number of carboxylic acids is 1. The van der Waals surface area contributed by atoms with E-state index in [-0.39, 0.29) is 52.5 Å². The molecule has 228 valence electrons. The summed E-state index contributed by atoms with van der Waals surface area (Å²) in [4.78, 5) is 24.5. The van der Waals surface area contributed by atoms with Crippen LogP contribution >= 0.6 is 11.3 Å². The van der Waals surface area contributed by atoms with Gasteiger partial charge in [0.05, 0.1) is 41.1 Å². The highest BCUT2D eigenvalue weighted by Crippen LogP contribution is 2.29. The minimum Gasteiger partial charge on any atom is -0.478 e. The molecule has 1 aliphatic heterocycles. The van der Waals surface area contributed by atoms with Crippen LogP contribution in [0.1, 0.15) is 33.2 Å². The highest BCUT2D eigenvalue weighted by molar-refractivity contribution is 7.13. The van der Waals surface area contributed by atoms with Crippen molar-refractivity contribution in [2.24, 2.45) is 0 Å². The van der Waals surface area contributed by atoms with Crippen LogP contribution in [0.2, 0.25) is 0 Å². The number of rotatable bonds is 12. The van der Waals surface area contributed by atoms with E-state index < -0.39 is 30.6 Å². The Labute approximate surface area is 251 Å². The Morgan fingerprint density at radius 1 is 1.11 bits per heavy atom. The van der Waals surface area contributed by atoms with Gasteiger partial charge in [-0.05, 0) is 48.4 Å². The summed E-state index contributed by atoms with van der Waals surface area (Å²) in [5.74, 6) is -1.88. The van der Waals surface area contributed by atoms with Crippen molar-refractivity contribution in [3.63, 3.8) is 0 Å². The number of aromatic nitrogens is 4. The van der Waals surface area contributed by atoms with Crippen LogP contribution in [-0.4, -0.2) is 56.3 Å². The lowest BCUT2D eigenvalue weighted by Crippen LogP contribution is -2.31. The zero-order valence-electron chi connectivity index (χ0n) is 22.9. The normalized spacial score (nSPS) is 14.6. The highest BCUT2D eigenvalue weighted by Gasteiger charge is 2.24. The molecular formula is C30H24F4N4O5S. The number of alkyl halides is 2. The summed E-state index contributed by atoms with van der Waals surface area (Å²) in [7, 11) is 0. The molecule has 9 nitrogen and oxygen atoms in total. The second-order valence-corrected chi connectivity index (χ2v) is 11.0. The van der Waals surface area contributed by atoms with E-state index in [1.165, 1.54) is 24.4 Å². The summed E-state index contributed by atoms with van der Waals surface area (Å²) in [5, 5.41) is 10.1. The van der Waals surface area contributed by atoms with Gasteiger partial charge in [0.25, 0.3) is 6.43 Å². The van der Waals surface area contributed by atoms with Crippen molar-refractivity contribution < 1.29 is 41.7 Å². The molecule has 1 N–H and O–H groups in total. The van der Waals surface area contributed by atoms with E-state index in [2.05, 4.69) is 15.0 Å². The molecule has 0 spiro atoms. The number of imidazole rings is 1. The first-order chi connectivity index (χ1) is 21.2. The maximum absolute atomic E-state index is 15.5. The fourth-order valence-corrected chi connectivity index (χ4v) is 5.41. The molecule has 1 aliphatic rings. The molecule has 4 heterocycles. The van der Waals surface area contributed by atoms with Crippen LogP contribution in [0.15, 0.2) is 54.7 Å². The Hall–Kier alpha value is -4.56. The molecule has 0 radical (unpaired) electrons. The summed E-state index contributed by atoms with van der Waals surface area (Å²) in [6, 6.07) is 11.4. The average molecular weight is 629 g/mol. The van der Waals surface area contributed by atoms with Gasteiger partial charge in [0.2, 0.25) is 5.88 Å². The molecule has 44 heavy (non-hydrogen) atoms. The van der Waals surface area contributed by atoms with Crippen molar-refractivity contribution >= 4 is 28.3 Å². The van der Waals surface area contributed by atoms with Gasteiger partial charge in [0, 0.05) is 24.7 Å². The fraction of sp³-hybridized carbons (Fsp3) is 0.267. The number of hydrogen-bond acceptors (Lipinski definition) is 8. The van der Waals surface area contributed by atoms with E-state index in [9.17, 15) is 18.7 Å². The number of aromatic carboxylic acids is 1. The summed E-state index contributed by atoms with van der Waals surface area (Å²) in [5.41, 5.74) is 1.34. The number of benzene rings is 2. The molecular weight excluding hydrogens is 604 g/mol. The molecule has 1 atom stereocenters. The van der Waals surface area contributed by atoms with Gasteiger partial charge >= 0.3 is 5.97 Å². The molecule has 0 aliphatic carbocycles. The van der Waals surface area contributed by atoms with Crippen LogP contribution in [0.5, 0.6) is 10.9 Å². The van der Waals surface area contributed by atoms with E-state index in [1.807, 2.05) is 0 Å². The van der Waals surface area contributed by atoms with Crippen molar-refractivity contribution in [2.75, 3.05) is 13.2 Å². The van der Waals surface area contributed by atoms with Gasteiger partial charge in [0.1, 0.15) is 35.7 Å². The number of hydrogen-bond donors (Lipinski definition) is 1. The van der Waals surface area contributed by atoms with E-state index in [4.69, 9.17) is 14.2 Å². The van der Waals surface area contributed by atoms with Crippen LogP contribution in [0.3, 0.4) is 0 Å². The van der Waals surface area contributed by atoms with Gasteiger partial charge in [-0.2, -0.15) is 0 Å². The Morgan fingerprint density at radius 3 is 2.70 bits per heavy atom. The minimum atomic E-state index is -2.60. The maximum atomic E-state index is 15.5. The largest absolute Gasteiger partial charge is 0.478 e. The first-order valence-corrected chi connectivity index (χ1v) is 14.3. The number of carboxylic acid groups (broad SMARTS) is 1. The lowest BCUT2D eigenvalue weighted by molar-refractivity contribution is -0.0589. The Balaban J connectivity index is 1.21. The number of thiazole rings is 1. The highest BCUT2D eigenvalue weighted by atomic mass is 32.1. The smallest absolute Gasteiger partial charge is 0.335 e. The second kappa shape index (κ2) is 12.6. The number of nitrogens with zero attached hydrogens (tertiary/aromatic N) is 4. The number of carbonyl (C=O) groups is 1. The quantitative estimate of drug-likeness (QED) is 0.164. The van der Waals surface area contributed by atoms with Gasteiger partial charge in [0.15, 0.2) is 5.06 Å². The SMILES string of the molecule is O=C(O)c1ccc2nc(Cc3cc(F)c(-c4cccc(OCc5ncc(OCC(F)F)s5)n4)cc3F)n(C[C@@H]3CCO3)c2c1. The summed E-state index contributed by atoms with van der Waals surface area (Å²) < 4.78 is 73.5. The van der Waals surface area contributed by atoms with Gasteiger partial charge in [-0.3, -0.25) is 0 Å². The van der Waals surface area contributed by atoms with Gasteiger partial charge in [-0.25, -0.2) is 37.3 Å². The molecule has 2 aromatic carbocycles. The van der Waals surface area contributed by atoms with Crippen molar-refractivity contribution in [1.82, 2.24) is 19.5 Å². The van der Waals surface area contributed by atoms with Crippen molar-refractivity contribution in [2.45, 2.75) is 38.5 Å². The monoisotopic (exact) mass is 628 g/mol. The number of fused-ring (bicyclic) bond motifs is 1. The lowest BCUT2D eigenvalue weighted by atomic mass is 10.0. The van der Waals surface area contributed by atoms with E-state index in [0.29, 0.717) is 35.0 Å². The Bertz CT molecular complexity index is 1820. The molecule has 14 heteroatoms. The van der Waals surface area contributed by atoms with Crippen LogP contribution < -0.4 is 9.47 Å². The van der Waals surface area contributed by atoms with Gasteiger partial charge in [-0.15, -0.1) is 0 Å². The predicted octanol–water partition coefficient (Wildman–Crippen LogP) is 6.13. The second-order valence-electron chi connectivity index (χ2n) is 9.95. The Kier molecular flexibility index (Phi) is 8.44. The van der Waals surface area contributed by atoms with Crippen LogP contribution in [0, 0.1) is 11.6 Å². The van der Waals surface area contributed by atoms with Crippen LogP contribution in [0.25, 0.3) is 22.3 Å². The molecule has 0 bridgehead atoms.